The van der Waals surface area contributed by atoms with Crippen molar-refractivity contribution in [2.75, 3.05) is 4.90 Å². The predicted octanol–water partition coefficient (Wildman–Crippen LogP) is 17.5. The highest BCUT2D eigenvalue weighted by Crippen LogP contribution is 2.44. The Labute approximate surface area is 367 Å². The van der Waals surface area contributed by atoms with Crippen LogP contribution >= 0.6 is 11.3 Å². The van der Waals surface area contributed by atoms with E-state index in [9.17, 15) is 0 Å². The first-order chi connectivity index (χ1) is 30.7. The molecule has 1 nitrogen and oxygen atoms in total. The van der Waals surface area contributed by atoms with E-state index in [0.29, 0.717) is 0 Å². The molecule has 11 rings (SSSR count). The summed E-state index contributed by atoms with van der Waals surface area (Å²) in [6, 6.07) is 90.1. The number of benzene rings is 10. The second-order valence-electron chi connectivity index (χ2n) is 15.7. The van der Waals surface area contributed by atoms with Gasteiger partial charge in [-0.3, -0.25) is 0 Å². The lowest BCUT2D eigenvalue weighted by Crippen LogP contribution is -2.09. The van der Waals surface area contributed by atoms with Crippen LogP contribution in [0.5, 0.6) is 0 Å². The molecule has 0 N–H and O–H groups in total. The largest absolute Gasteiger partial charge is 0.311 e. The molecule has 0 bridgehead atoms. The molecule has 0 saturated carbocycles. The Bertz CT molecular complexity index is 3300. The van der Waals surface area contributed by atoms with Crippen molar-refractivity contribution in [2.24, 2.45) is 0 Å². The van der Waals surface area contributed by atoms with Crippen LogP contribution in [0.15, 0.2) is 249 Å². The molecule has 0 aliphatic carbocycles. The van der Waals surface area contributed by atoms with Gasteiger partial charge in [-0.15, -0.1) is 11.3 Å². The Hall–Kier alpha value is -7.78. The highest BCUT2D eigenvalue weighted by molar-refractivity contribution is 7.26. The Morgan fingerprint density at radius 3 is 0.984 bits per heavy atom. The summed E-state index contributed by atoms with van der Waals surface area (Å²) < 4.78 is 2.65. The smallest absolute Gasteiger partial charge is 0.0462 e. The zero-order valence-electron chi connectivity index (χ0n) is 34.0. The molecule has 62 heavy (non-hydrogen) atoms. The number of nitrogens with zero attached hydrogens (tertiary/aromatic N) is 1. The number of fused-ring (bicyclic) bond motifs is 3. The zero-order valence-corrected chi connectivity index (χ0v) is 34.8. The highest BCUT2D eigenvalue weighted by Gasteiger charge is 2.16. The Morgan fingerprint density at radius 2 is 0.532 bits per heavy atom. The number of thiophene rings is 1. The summed E-state index contributed by atoms with van der Waals surface area (Å²) in [5.41, 5.74) is 17.9. The van der Waals surface area contributed by atoms with Gasteiger partial charge in [-0.25, -0.2) is 0 Å². The van der Waals surface area contributed by atoms with Crippen molar-refractivity contribution < 1.29 is 0 Å². The molecule has 0 radical (unpaired) electrons. The van der Waals surface area contributed by atoms with Gasteiger partial charge in [0.25, 0.3) is 0 Å². The molecule has 0 aliphatic rings. The molecular weight excluding hydrogens is 767 g/mol. The van der Waals surface area contributed by atoms with Crippen molar-refractivity contribution in [1.29, 1.82) is 0 Å². The predicted molar refractivity (Wildman–Crippen MR) is 267 cm³/mol. The Morgan fingerprint density at radius 1 is 0.226 bits per heavy atom. The van der Waals surface area contributed by atoms with E-state index in [1.165, 1.54) is 86.9 Å². The number of rotatable bonds is 9. The normalized spacial score (nSPS) is 11.2. The molecule has 0 amide bonds. The molecule has 0 fully saturated rings. The second-order valence-corrected chi connectivity index (χ2v) is 16.7. The zero-order chi connectivity index (χ0) is 41.2. The third-order valence-electron chi connectivity index (χ3n) is 11.9. The molecule has 0 unspecified atom stereocenters. The van der Waals surface area contributed by atoms with Crippen LogP contribution in [0.3, 0.4) is 0 Å². The van der Waals surface area contributed by atoms with Crippen molar-refractivity contribution in [3.8, 4) is 66.8 Å². The van der Waals surface area contributed by atoms with E-state index in [-0.39, 0.29) is 0 Å². The van der Waals surface area contributed by atoms with Gasteiger partial charge in [0.2, 0.25) is 0 Å². The molecular formula is C60H41NS. The maximum absolute atomic E-state index is 2.35. The standard InChI is InChI=1S/C60H41NS/c1-4-14-42(15-5-1)44-28-34-52(35-29-44)61(53-36-30-45(31-37-53)49-21-10-20-48(40-49)43-16-6-2-7-17-43)54-38-32-46(33-39-54)50-22-11-23-51(41-50)56-25-13-27-58-57-26-12-24-55(59(57)62-60(56)58)47-18-8-3-9-19-47/h1-41H. The fraction of sp³-hybridized carbons (Fsp3) is 0. The van der Waals surface area contributed by atoms with Crippen LogP contribution in [-0.4, -0.2) is 0 Å². The maximum Gasteiger partial charge on any atom is 0.0462 e. The minimum Gasteiger partial charge on any atom is -0.311 e. The van der Waals surface area contributed by atoms with E-state index in [2.05, 4.69) is 254 Å². The van der Waals surface area contributed by atoms with E-state index >= 15 is 0 Å². The molecule has 0 saturated heterocycles. The summed E-state index contributed by atoms with van der Waals surface area (Å²) in [6.07, 6.45) is 0. The third-order valence-corrected chi connectivity index (χ3v) is 13.2. The molecule has 0 aliphatic heterocycles. The van der Waals surface area contributed by atoms with Gasteiger partial charge >= 0.3 is 0 Å². The fourth-order valence-electron chi connectivity index (χ4n) is 8.75. The maximum atomic E-state index is 2.35. The topological polar surface area (TPSA) is 3.24 Å². The summed E-state index contributed by atoms with van der Waals surface area (Å²) in [4.78, 5) is 2.35. The SMILES string of the molecule is c1ccc(-c2ccc(N(c3ccc(-c4cccc(-c5ccccc5)c4)cc3)c3ccc(-c4cccc(-c5cccc6c5sc5c(-c7ccccc7)cccc56)c4)cc3)cc2)cc1. The van der Waals surface area contributed by atoms with E-state index in [4.69, 9.17) is 0 Å². The minimum atomic E-state index is 1.10. The van der Waals surface area contributed by atoms with Crippen LogP contribution in [0, 0.1) is 0 Å². The van der Waals surface area contributed by atoms with Crippen molar-refractivity contribution in [3.63, 3.8) is 0 Å². The van der Waals surface area contributed by atoms with Crippen molar-refractivity contribution in [1.82, 2.24) is 0 Å². The molecule has 292 valence electrons. The lowest BCUT2D eigenvalue weighted by molar-refractivity contribution is 1.28. The molecule has 10 aromatic carbocycles. The van der Waals surface area contributed by atoms with Gasteiger partial charge in [-0.2, -0.15) is 0 Å². The van der Waals surface area contributed by atoms with Gasteiger partial charge in [0.1, 0.15) is 0 Å². The average Bonchev–Trinajstić information content (AvgIpc) is 3.75. The van der Waals surface area contributed by atoms with Crippen molar-refractivity contribution in [3.05, 3.63) is 249 Å². The van der Waals surface area contributed by atoms with Crippen LogP contribution < -0.4 is 4.90 Å². The second kappa shape index (κ2) is 16.3. The van der Waals surface area contributed by atoms with Crippen LogP contribution in [0.1, 0.15) is 0 Å². The van der Waals surface area contributed by atoms with Gasteiger partial charge in [0.05, 0.1) is 0 Å². The summed E-state index contributed by atoms with van der Waals surface area (Å²) in [5, 5.41) is 2.62. The summed E-state index contributed by atoms with van der Waals surface area (Å²) >= 11 is 1.90. The first-order valence-electron chi connectivity index (χ1n) is 21.2. The van der Waals surface area contributed by atoms with E-state index in [1.54, 1.807) is 0 Å². The van der Waals surface area contributed by atoms with Crippen molar-refractivity contribution in [2.45, 2.75) is 0 Å². The van der Waals surface area contributed by atoms with Gasteiger partial charge in [0.15, 0.2) is 0 Å². The Kier molecular flexibility index (Phi) is 9.82. The van der Waals surface area contributed by atoms with E-state index in [1.807, 2.05) is 11.3 Å². The average molecular weight is 808 g/mol. The van der Waals surface area contributed by atoms with Gasteiger partial charge in [-0.05, 0) is 115 Å². The van der Waals surface area contributed by atoms with Gasteiger partial charge in [-0.1, -0.05) is 200 Å². The van der Waals surface area contributed by atoms with E-state index in [0.717, 1.165) is 17.1 Å². The Balaban J connectivity index is 0.936. The summed E-state index contributed by atoms with van der Waals surface area (Å²) in [5.74, 6) is 0. The van der Waals surface area contributed by atoms with Crippen LogP contribution in [0.4, 0.5) is 17.1 Å². The summed E-state index contributed by atoms with van der Waals surface area (Å²) in [6.45, 7) is 0. The quantitative estimate of drug-likeness (QED) is 0.140. The molecule has 0 atom stereocenters. The number of hydrogen-bond acceptors (Lipinski definition) is 2. The molecule has 1 aromatic heterocycles. The monoisotopic (exact) mass is 807 g/mol. The first-order valence-corrected chi connectivity index (χ1v) is 22.0. The summed E-state index contributed by atoms with van der Waals surface area (Å²) in [7, 11) is 0. The van der Waals surface area contributed by atoms with Crippen LogP contribution in [0.25, 0.3) is 86.9 Å². The fourth-order valence-corrected chi connectivity index (χ4v) is 10.1. The van der Waals surface area contributed by atoms with E-state index < -0.39 is 0 Å². The number of hydrogen-bond donors (Lipinski definition) is 0. The third kappa shape index (κ3) is 7.17. The highest BCUT2D eigenvalue weighted by atomic mass is 32.1. The molecule has 11 aromatic rings. The van der Waals surface area contributed by atoms with Crippen LogP contribution in [0.2, 0.25) is 0 Å². The van der Waals surface area contributed by atoms with Gasteiger partial charge < -0.3 is 4.90 Å². The lowest BCUT2D eigenvalue weighted by atomic mass is 9.97. The molecule has 0 spiro atoms. The molecule has 2 heteroatoms. The molecule has 1 heterocycles. The van der Waals surface area contributed by atoms with Crippen molar-refractivity contribution >= 4 is 48.6 Å². The van der Waals surface area contributed by atoms with Crippen LogP contribution in [-0.2, 0) is 0 Å². The minimum absolute atomic E-state index is 1.10. The number of anilines is 3. The van der Waals surface area contributed by atoms with Gasteiger partial charge in [0, 0.05) is 37.2 Å². The lowest BCUT2D eigenvalue weighted by Gasteiger charge is -2.26. The first kappa shape index (κ1) is 37.2.